The Hall–Kier alpha value is -0.875. The van der Waals surface area contributed by atoms with E-state index in [0.29, 0.717) is 18.7 Å². The van der Waals surface area contributed by atoms with Crippen molar-refractivity contribution in [2.24, 2.45) is 0 Å². The summed E-state index contributed by atoms with van der Waals surface area (Å²) in [7, 11) is -1.42. The summed E-state index contributed by atoms with van der Waals surface area (Å²) in [4.78, 5) is 0. The molecular weight excluding hydrogens is 195 g/mol. The molecular formula is C10H13BO4. The van der Waals surface area contributed by atoms with Crippen molar-refractivity contribution in [2.75, 3.05) is 13.2 Å². The first-order valence-electron chi connectivity index (χ1n) is 4.96. The molecule has 80 valence electrons. The van der Waals surface area contributed by atoms with E-state index in [0.717, 1.165) is 12.0 Å². The molecule has 0 amide bonds. The molecule has 5 heteroatoms. The van der Waals surface area contributed by atoms with Crippen LogP contribution >= 0.6 is 0 Å². The highest BCUT2D eigenvalue weighted by atomic mass is 16.7. The molecule has 1 aromatic carbocycles. The summed E-state index contributed by atoms with van der Waals surface area (Å²) >= 11 is 0. The fourth-order valence-electron chi connectivity index (χ4n) is 1.51. The summed E-state index contributed by atoms with van der Waals surface area (Å²) in [5.74, 6) is 0. The molecule has 15 heavy (non-hydrogen) atoms. The van der Waals surface area contributed by atoms with E-state index in [1.807, 2.05) is 0 Å². The quantitative estimate of drug-likeness (QED) is 0.661. The first kappa shape index (κ1) is 10.6. The van der Waals surface area contributed by atoms with Crippen LogP contribution in [0.2, 0.25) is 0 Å². The number of rotatable bonds is 2. The minimum Gasteiger partial charge on any atom is -0.423 e. The van der Waals surface area contributed by atoms with Crippen molar-refractivity contribution in [1.29, 1.82) is 0 Å². The highest BCUT2D eigenvalue weighted by molar-refractivity contribution is 6.58. The van der Waals surface area contributed by atoms with E-state index in [9.17, 15) is 0 Å². The first-order valence-corrected chi connectivity index (χ1v) is 4.96. The lowest BCUT2D eigenvalue weighted by Crippen LogP contribution is -2.29. The minimum absolute atomic E-state index is 0.316. The van der Waals surface area contributed by atoms with E-state index in [4.69, 9.17) is 19.5 Å². The van der Waals surface area contributed by atoms with Crippen LogP contribution in [0, 0.1) is 0 Å². The van der Waals surface area contributed by atoms with Gasteiger partial charge in [0, 0.05) is 5.56 Å². The van der Waals surface area contributed by atoms with Crippen molar-refractivity contribution in [2.45, 2.75) is 12.7 Å². The van der Waals surface area contributed by atoms with Crippen LogP contribution in [0.15, 0.2) is 24.3 Å². The zero-order chi connectivity index (χ0) is 10.7. The summed E-state index contributed by atoms with van der Waals surface area (Å²) in [6, 6.07) is 6.87. The number of hydrogen-bond donors (Lipinski definition) is 2. The van der Waals surface area contributed by atoms with E-state index in [1.54, 1.807) is 24.3 Å². The van der Waals surface area contributed by atoms with Gasteiger partial charge in [-0.3, -0.25) is 0 Å². The third kappa shape index (κ3) is 2.57. The van der Waals surface area contributed by atoms with E-state index in [-0.39, 0.29) is 6.29 Å². The minimum atomic E-state index is -1.42. The van der Waals surface area contributed by atoms with Crippen molar-refractivity contribution in [3.05, 3.63) is 29.8 Å². The Morgan fingerprint density at radius 3 is 2.20 bits per heavy atom. The van der Waals surface area contributed by atoms with Crippen molar-refractivity contribution in [3.63, 3.8) is 0 Å². The average molecular weight is 208 g/mol. The maximum absolute atomic E-state index is 8.92. The normalized spacial score (nSPS) is 17.7. The van der Waals surface area contributed by atoms with Crippen LogP contribution in [-0.2, 0) is 9.47 Å². The molecule has 1 heterocycles. The van der Waals surface area contributed by atoms with Crippen molar-refractivity contribution in [1.82, 2.24) is 0 Å². The fourth-order valence-corrected chi connectivity index (χ4v) is 1.51. The molecule has 1 aliphatic rings. The van der Waals surface area contributed by atoms with Gasteiger partial charge in [-0.15, -0.1) is 0 Å². The maximum atomic E-state index is 8.92. The molecule has 0 bridgehead atoms. The van der Waals surface area contributed by atoms with Crippen LogP contribution in [0.3, 0.4) is 0 Å². The Morgan fingerprint density at radius 1 is 1.07 bits per heavy atom. The third-order valence-electron chi connectivity index (χ3n) is 2.33. The third-order valence-corrected chi connectivity index (χ3v) is 2.33. The molecule has 0 atom stereocenters. The Kier molecular flexibility index (Phi) is 3.38. The lowest BCUT2D eigenvalue weighted by Gasteiger charge is -2.23. The monoisotopic (exact) mass is 208 g/mol. The van der Waals surface area contributed by atoms with E-state index in [2.05, 4.69) is 0 Å². The Morgan fingerprint density at radius 2 is 1.67 bits per heavy atom. The lowest BCUT2D eigenvalue weighted by molar-refractivity contribution is -0.183. The van der Waals surface area contributed by atoms with Crippen molar-refractivity contribution in [3.8, 4) is 0 Å². The maximum Gasteiger partial charge on any atom is 0.488 e. The van der Waals surface area contributed by atoms with Crippen LogP contribution in [0.4, 0.5) is 0 Å². The van der Waals surface area contributed by atoms with Gasteiger partial charge >= 0.3 is 7.12 Å². The topological polar surface area (TPSA) is 58.9 Å². The smallest absolute Gasteiger partial charge is 0.423 e. The van der Waals surface area contributed by atoms with Crippen molar-refractivity contribution >= 4 is 12.6 Å². The predicted octanol–water partition coefficient (Wildman–Crippen LogP) is -0.198. The number of hydrogen-bond acceptors (Lipinski definition) is 4. The van der Waals surface area contributed by atoms with Gasteiger partial charge < -0.3 is 19.5 Å². The Balaban J connectivity index is 2.08. The van der Waals surface area contributed by atoms with Gasteiger partial charge in [0.1, 0.15) is 0 Å². The van der Waals surface area contributed by atoms with E-state index >= 15 is 0 Å². The zero-order valence-corrected chi connectivity index (χ0v) is 8.30. The van der Waals surface area contributed by atoms with Crippen LogP contribution in [0.5, 0.6) is 0 Å². The van der Waals surface area contributed by atoms with Gasteiger partial charge in [0.15, 0.2) is 6.29 Å². The van der Waals surface area contributed by atoms with Crippen LogP contribution in [-0.4, -0.2) is 30.4 Å². The highest BCUT2D eigenvalue weighted by Gasteiger charge is 2.17. The number of ether oxygens (including phenoxy) is 2. The summed E-state index contributed by atoms with van der Waals surface area (Å²) in [6.45, 7) is 1.41. The summed E-state index contributed by atoms with van der Waals surface area (Å²) in [5.41, 5.74) is 1.37. The molecule has 0 aromatic heterocycles. The second-order valence-electron chi connectivity index (χ2n) is 3.47. The summed E-state index contributed by atoms with van der Waals surface area (Å²) in [5, 5.41) is 17.8. The van der Waals surface area contributed by atoms with Gasteiger partial charge in [-0.25, -0.2) is 0 Å². The van der Waals surface area contributed by atoms with Crippen LogP contribution in [0.25, 0.3) is 0 Å². The fraction of sp³-hybridized carbons (Fsp3) is 0.400. The molecule has 1 saturated heterocycles. The molecule has 0 radical (unpaired) electrons. The van der Waals surface area contributed by atoms with E-state index < -0.39 is 7.12 Å². The molecule has 0 unspecified atom stereocenters. The van der Waals surface area contributed by atoms with Gasteiger partial charge in [-0.05, 0) is 11.9 Å². The van der Waals surface area contributed by atoms with E-state index in [1.165, 1.54) is 0 Å². The van der Waals surface area contributed by atoms with Gasteiger partial charge in [0.25, 0.3) is 0 Å². The molecule has 1 aromatic rings. The standard InChI is InChI=1S/C10H13BO4/c12-11(13)9-4-2-8(3-5-9)10-14-6-1-7-15-10/h2-5,10,12-13H,1,6-7H2. The second-order valence-corrected chi connectivity index (χ2v) is 3.47. The Labute approximate surface area is 88.6 Å². The highest BCUT2D eigenvalue weighted by Crippen LogP contribution is 2.21. The average Bonchev–Trinajstić information content (AvgIpc) is 2.30. The largest absolute Gasteiger partial charge is 0.488 e. The number of benzene rings is 1. The van der Waals surface area contributed by atoms with Crippen LogP contribution in [0.1, 0.15) is 18.3 Å². The van der Waals surface area contributed by atoms with Crippen molar-refractivity contribution < 1.29 is 19.5 Å². The molecule has 0 spiro atoms. The van der Waals surface area contributed by atoms with Gasteiger partial charge in [-0.2, -0.15) is 0 Å². The second kappa shape index (κ2) is 4.76. The van der Waals surface area contributed by atoms with Gasteiger partial charge in [-0.1, -0.05) is 24.3 Å². The summed E-state index contributed by atoms with van der Waals surface area (Å²) < 4.78 is 10.8. The lowest BCUT2D eigenvalue weighted by atomic mass is 9.80. The predicted molar refractivity (Wildman–Crippen MR) is 55.5 cm³/mol. The first-order chi connectivity index (χ1) is 7.27. The molecule has 1 aliphatic heterocycles. The zero-order valence-electron chi connectivity index (χ0n) is 8.30. The summed E-state index contributed by atoms with van der Waals surface area (Å²) in [6.07, 6.45) is 0.604. The molecule has 0 aliphatic carbocycles. The molecule has 2 N–H and O–H groups in total. The SMILES string of the molecule is OB(O)c1ccc(C2OCCCO2)cc1. The molecule has 4 nitrogen and oxygen atoms in total. The van der Waals surface area contributed by atoms with Gasteiger partial charge in [0.2, 0.25) is 0 Å². The molecule has 2 rings (SSSR count). The van der Waals surface area contributed by atoms with Gasteiger partial charge in [0.05, 0.1) is 13.2 Å². The molecule has 1 fully saturated rings. The Bertz CT molecular complexity index is 306. The molecule has 0 saturated carbocycles. The van der Waals surface area contributed by atoms with Crippen LogP contribution < -0.4 is 5.46 Å².